The second-order valence-corrected chi connectivity index (χ2v) is 5.50. The summed E-state index contributed by atoms with van der Waals surface area (Å²) < 4.78 is 0.990. The number of nitrogens with zero attached hydrogens (tertiary/aromatic N) is 2. The summed E-state index contributed by atoms with van der Waals surface area (Å²) in [5.74, 6) is 0. The molecule has 0 saturated heterocycles. The van der Waals surface area contributed by atoms with Crippen molar-refractivity contribution in [1.29, 1.82) is 5.26 Å². The third-order valence-corrected chi connectivity index (χ3v) is 3.51. The van der Waals surface area contributed by atoms with Crippen molar-refractivity contribution in [3.8, 4) is 6.07 Å². The van der Waals surface area contributed by atoms with Crippen LogP contribution in [0.2, 0.25) is 5.02 Å². The highest BCUT2D eigenvalue weighted by atomic mass is 127. The molecular weight excluding hydrogens is 393 g/mol. The molecule has 0 unspecified atom stereocenters. The summed E-state index contributed by atoms with van der Waals surface area (Å²) in [5, 5.41) is 23.2. The number of nitro benzene ring substituents is 1. The third kappa shape index (κ3) is 3.18. The fourth-order valence-electron chi connectivity index (χ4n) is 1.60. The molecular formula is C13H7ClIN3O2. The maximum absolute atomic E-state index is 10.9. The van der Waals surface area contributed by atoms with Gasteiger partial charge in [-0.2, -0.15) is 5.26 Å². The molecule has 0 bridgehead atoms. The second kappa shape index (κ2) is 6.07. The number of nitriles is 1. The van der Waals surface area contributed by atoms with Crippen molar-refractivity contribution in [2.75, 3.05) is 5.32 Å². The minimum absolute atomic E-state index is 0.0225. The first kappa shape index (κ1) is 14.6. The first-order valence-electron chi connectivity index (χ1n) is 5.42. The molecule has 0 aromatic heterocycles. The van der Waals surface area contributed by atoms with Crippen LogP contribution < -0.4 is 5.32 Å². The Hall–Kier alpha value is -1.85. The van der Waals surface area contributed by atoms with E-state index in [1.54, 1.807) is 24.3 Å². The van der Waals surface area contributed by atoms with Gasteiger partial charge in [0.1, 0.15) is 11.6 Å². The maximum Gasteiger partial charge on any atom is 0.289 e. The van der Waals surface area contributed by atoms with Gasteiger partial charge in [-0.05, 0) is 52.9 Å². The van der Waals surface area contributed by atoms with Crippen LogP contribution in [0.4, 0.5) is 17.1 Å². The van der Waals surface area contributed by atoms with Crippen molar-refractivity contribution >= 4 is 51.3 Å². The van der Waals surface area contributed by atoms with Gasteiger partial charge in [0.15, 0.2) is 0 Å². The fourth-order valence-corrected chi connectivity index (χ4v) is 2.50. The molecule has 0 spiro atoms. The minimum Gasteiger partial charge on any atom is -0.354 e. The molecule has 100 valence electrons. The Bertz CT molecular complexity index is 728. The van der Waals surface area contributed by atoms with E-state index in [4.69, 9.17) is 16.9 Å². The molecule has 2 rings (SSSR count). The number of nitrogens with one attached hydrogen (secondary N) is 1. The number of hydrogen-bond donors (Lipinski definition) is 1. The zero-order valence-electron chi connectivity index (χ0n) is 9.93. The van der Waals surface area contributed by atoms with Crippen LogP contribution in [0.5, 0.6) is 0 Å². The Balaban J connectivity index is 2.37. The quantitative estimate of drug-likeness (QED) is 0.469. The Morgan fingerprint density at radius 1 is 1.30 bits per heavy atom. The molecule has 7 heteroatoms. The molecule has 0 fully saturated rings. The van der Waals surface area contributed by atoms with Gasteiger partial charge in [0.2, 0.25) is 0 Å². The highest BCUT2D eigenvalue weighted by Crippen LogP contribution is 2.29. The van der Waals surface area contributed by atoms with E-state index in [1.165, 1.54) is 12.1 Å². The molecule has 5 nitrogen and oxygen atoms in total. The summed E-state index contributed by atoms with van der Waals surface area (Å²) >= 11 is 8.23. The average Bonchev–Trinajstić information content (AvgIpc) is 2.41. The normalized spacial score (nSPS) is 9.85. The van der Waals surface area contributed by atoms with E-state index in [1.807, 2.05) is 6.07 Å². The van der Waals surface area contributed by atoms with Crippen LogP contribution >= 0.6 is 34.2 Å². The van der Waals surface area contributed by atoms with Gasteiger partial charge in [-0.15, -0.1) is 0 Å². The number of halogens is 2. The lowest BCUT2D eigenvalue weighted by atomic mass is 10.1. The van der Waals surface area contributed by atoms with E-state index >= 15 is 0 Å². The highest BCUT2D eigenvalue weighted by molar-refractivity contribution is 14.1. The molecule has 0 amide bonds. The molecule has 0 saturated carbocycles. The third-order valence-electron chi connectivity index (χ3n) is 2.53. The van der Waals surface area contributed by atoms with E-state index in [-0.39, 0.29) is 11.3 Å². The predicted octanol–water partition coefficient (Wildman–Crippen LogP) is 4.47. The van der Waals surface area contributed by atoms with Gasteiger partial charge in [-0.3, -0.25) is 10.1 Å². The van der Waals surface area contributed by atoms with Crippen molar-refractivity contribution < 1.29 is 4.92 Å². The zero-order valence-corrected chi connectivity index (χ0v) is 12.8. The van der Waals surface area contributed by atoms with Crippen molar-refractivity contribution in [1.82, 2.24) is 0 Å². The van der Waals surface area contributed by atoms with Crippen molar-refractivity contribution in [3.63, 3.8) is 0 Å². The molecule has 0 atom stereocenters. The molecule has 0 heterocycles. The molecule has 2 aromatic carbocycles. The van der Waals surface area contributed by atoms with Crippen LogP contribution in [0, 0.1) is 25.0 Å². The summed E-state index contributed by atoms with van der Waals surface area (Å²) in [7, 11) is 0. The van der Waals surface area contributed by atoms with Gasteiger partial charge >= 0.3 is 0 Å². The van der Waals surface area contributed by atoms with Gasteiger partial charge in [-0.1, -0.05) is 11.6 Å². The first-order valence-corrected chi connectivity index (χ1v) is 6.87. The zero-order chi connectivity index (χ0) is 14.7. The van der Waals surface area contributed by atoms with Crippen LogP contribution in [0.15, 0.2) is 36.4 Å². The molecule has 0 aliphatic heterocycles. The lowest BCUT2D eigenvalue weighted by Crippen LogP contribution is -1.96. The molecule has 20 heavy (non-hydrogen) atoms. The summed E-state index contributed by atoms with van der Waals surface area (Å²) in [5.41, 5.74) is 0.929. The van der Waals surface area contributed by atoms with Crippen LogP contribution in [0.3, 0.4) is 0 Å². The standard InChI is InChI=1S/C13H7ClIN3O2/c14-11-5-9(15)2-4-12(11)17-10-3-1-8(7-16)13(6-10)18(19)20/h1-6,17H. The second-order valence-electron chi connectivity index (χ2n) is 3.85. The molecule has 0 aliphatic rings. The Kier molecular flexibility index (Phi) is 4.42. The van der Waals surface area contributed by atoms with Gasteiger partial charge in [0.25, 0.3) is 5.69 Å². The van der Waals surface area contributed by atoms with Crippen molar-refractivity contribution in [2.24, 2.45) is 0 Å². The van der Waals surface area contributed by atoms with E-state index in [9.17, 15) is 10.1 Å². The van der Waals surface area contributed by atoms with Gasteiger partial charge < -0.3 is 5.32 Å². The summed E-state index contributed by atoms with van der Waals surface area (Å²) in [4.78, 5) is 10.3. The molecule has 0 radical (unpaired) electrons. The van der Waals surface area contributed by atoms with Gasteiger partial charge in [0, 0.05) is 15.3 Å². The Labute approximate surface area is 133 Å². The highest BCUT2D eigenvalue weighted by Gasteiger charge is 2.14. The van der Waals surface area contributed by atoms with E-state index in [0.29, 0.717) is 16.4 Å². The first-order chi connectivity index (χ1) is 9.51. The van der Waals surface area contributed by atoms with Crippen LogP contribution in [-0.4, -0.2) is 4.92 Å². The van der Waals surface area contributed by atoms with E-state index in [0.717, 1.165) is 3.57 Å². The largest absolute Gasteiger partial charge is 0.354 e. The van der Waals surface area contributed by atoms with Crippen LogP contribution in [0.1, 0.15) is 5.56 Å². The SMILES string of the molecule is N#Cc1ccc(Nc2ccc(I)cc2Cl)cc1[N+](=O)[O-]. The lowest BCUT2D eigenvalue weighted by Gasteiger charge is -2.09. The lowest BCUT2D eigenvalue weighted by molar-refractivity contribution is -0.385. The average molecular weight is 400 g/mol. The number of rotatable bonds is 3. The Morgan fingerprint density at radius 2 is 2.05 bits per heavy atom. The topological polar surface area (TPSA) is 79.0 Å². The number of benzene rings is 2. The van der Waals surface area contributed by atoms with Crippen LogP contribution in [-0.2, 0) is 0 Å². The van der Waals surface area contributed by atoms with Crippen molar-refractivity contribution in [3.05, 3.63) is 60.7 Å². The minimum atomic E-state index is -0.584. The number of nitro groups is 1. The monoisotopic (exact) mass is 399 g/mol. The maximum atomic E-state index is 10.9. The summed E-state index contributed by atoms with van der Waals surface area (Å²) in [6.07, 6.45) is 0. The Morgan fingerprint density at radius 3 is 2.65 bits per heavy atom. The fraction of sp³-hybridized carbons (Fsp3) is 0. The number of hydrogen-bond acceptors (Lipinski definition) is 4. The summed E-state index contributed by atoms with van der Waals surface area (Å²) in [6.45, 7) is 0. The molecule has 0 aliphatic carbocycles. The smallest absolute Gasteiger partial charge is 0.289 e. The van der Waals surface area contributed by atoms with Gasteiger partial charge in [-0.25, -0.2) is 0 Å². The van der Waals surface area contributed by atoms with E-state index < -0.39 is 4.92 Å². The van der Waals surface area contributed by atoms with Crippen LogP contribution in [0.25, 0.3) is 0 Å². The van der Waals surface area contributed by atoms with Gasteiger partial charge in [0.05, 0.1) is 15.6 Å². The van der Waals surface area contributed by atoms with Crippen molar-refractivity contribution in [2.45, 2.75) is 0 Å². The van der Waals surface area contributed by atoms with E-state index in [2.05, 4.69) is 27.9 Å². The molecule has 1 N–H and O–H groups in total. The molecule has 2 aromatic rings. The number of anilines is 2. The predicted molar refractivity (Wildman–Crippen MR) is 85.3 cm³/mol. The summed E-state index contributed by atoms with van der Waals surface area (Å²) in [6, 6.07) is 11.5.